The number of nitrogens with two attached hydrogens (primary N) is 1. The summed E-state index contributed by atoms with van der Waals surface area (Å²) in [5.74, 6) is 6.43. The smallest absolute Gasteiger partial charge is 0.329 e. The Kier molecular flexibility index (Phi) is 4.72. The topological polar surface area (TPSA) is 66.5 Å². The molecule has 0 saturated carbocycles. The second-order valence-electron chi connectivity index (χ2n) is 5.40. The molecule has 0 bridgehead atoms. The largest absolute Gasteiger partial charge is 0.358 e. The van der Waals surface area contributed by atoms with Gasteiger partial charge in [-0.25, -0.2) is 0 Å². The van der Waals surface area contributed by atoms with E-state index < -0.39 is 0 Å². The minimum Gasteiger partial charge on any atom is -0.358 e. The summed E-state index contributed by atoms with van der Waals surface area (Å²) in [5, 5.41) is 4.89. The minimum atomic E-state index is -0.232. The molecule has 0 atom stereocenters. The van der Waals surface area contributed by atoms with Gasteiger partial charge in [-0.1, -0.05) is 40.6 Å². The van der Waals surface area contributed by atoms with Gasteiger partial charge in [0.05, 0.1) is 15.7 Å². The van der Waals surface area contributed by atoms with E-state index in [4.69, 9.17) is 29.0 Å². The van der Waals surface area contributed by atoms with Gasteiger partial charge in [0.1, 0.15) is 5.00 Å². The van der Waals surface area contributed by atoms with Gasteiger partial charge in [0.25, 0.3) is 0 Å². The van der Waals surface area contributed by atoms with Gasteiger partial charge in [-0.15, -0.1) is 0 Å². The Balaban J connectivity index is 1.97. The Bertz CT molecular complexity index is 747. The summed E-state index contributed by atoms with van der Waals surface area (Å²) in [6.45, 7) is 3.54. The van der Waals surface area contributed by atoms with Crippen molar-refractivity contribution < 1.29 is 0 Å². The predicted molar refractivity (Wildman–Crippen MR) is 98.2 cm³/mol. The van der Waals surface area contributed by atoms with Crippen molar-refractivity contribution in [3.05, 3.63) is 37.9 Å². The van der Waals surface area contributed by atoms with E-state index in [9.17, 15) is 4.79 Å². The molecule has 2 heterocycles. The van der Waals surface area contributed by atoms with Crippen LogP contribution >= 0.6 is 34.5 Å². The molecule has 1 saturated heterocycles. The van der Waals surface area contributed by atoms with E-state index >= 15 is 0 Å². The van der Waals surface area contributed by atoms with Crippen molar-refractivity contribution >= 4 is 51.0 Å². The number of likely N-dealkylation sites (N-methyl/N-ethyl adjacent to an activating group) is 1. The van der Waals surface area contributed by atoms with Gasteiger partial charge in [0, 0.05) is 26.2 Å². The maximum absolute atomic E-state index is 12.0. The van der Waals surface area contributed by atoms with E-state index in [1.807, 2.05) is 0 Å². The SMILES string of the molecule is CN1CCN(c2sc(=O)n(N)c2Nc2c(Cl)cccc2Cl)CC1. The van der Waals surface area contributed by atoms with Crippen LogP contribution in [0.3, 0.4) is 0 Å². The fraction of sp³-hybridized carbons (Fsp3) is 0.357. The van der Waals surface area contributed by atoms with Crippen LogP contribution in [0.2, 0.25) is 10.0 Å². The van der Waals surface area contributed by atoms with Gasteiger partial charge in [0.15, 0.2) is 5.82 Å². The molecule has 1 aromatic carbocycles. The quantitative estimate of drug-likeness (QED) is 0.808. The molecule has 0 aliphatic carbocycles. The van der Waals surface area contributed by atoms with Crippen LogP contribution in [0.25, 0.3) is 0 Å². The zero-order chi connectivity index (χ0) is 16.6. The number of para-hydroxylation sites is 1. The van der Waals surface area contributed by atoms with Crippen LogP contribution in [0.5, 0.6) is 0 Å². The number of benzene rings is 1. The number of nitrogens with one attached hydrogen (secondary N) is 1. The van der Waals surface area contributed by atoms with Crippen molar-refractivity contribution in [1.82, 2.24) is 9.58 Å². The molecule has 0 unspecified atom stereocenters. The third-order valence-electron chi connectivity index (χ3n) is 3.82. The number of nitrogens with zero attached hydrogens (tertiary/aromatic N) is 3. The van der Waals surface area contributed by atoms with Crippen LogP contribution in [0.15, 0.2) is 23.0 Å². The molecular formula is C14H17Cl2N5OS. The second kappa shape index (κ2) is 6.60. The van der Waals surface area contributed by atoms with Gasteiger partial charge >= 0.3 is 4.87 Å². The lowest BCUT2D eigenvalue weighted by atomic mass is 10.3. The van der Waals surface area contributed by atoms with Crippen molar-refractivity contribution in [3.8, 4) is 0 Å². The molecule has 6 nitrogen and oxygen atoms in total. The van der Waals surface area contributed by atoms with Crippen molar-refractivity contribution in [2.75, 3.05) is 49.3 Å². The molecule has 1 aromatic heterocycles. The van der Waals surface area contributed by atoms with Crippen molar-refractivity contribution in [3.63, 3.8) is 0 Å². The fourth-order valence-electron chi connectivity index (χ4n) is 2.45. The lowest BCUT2D eigenvalue weighted by Gasteiger charge is -2.33. The number of hydrogen-bond acceptors (Lipinski definition) is 6. The molecule has 3 N–H and O–H groups in total. The fourth-order valence-corrected chi connectivity index (χ4v) is 3.85. The van der Waals surface area contributed by atoms with Crippen LogP contribution in [0.4, 0.5) is 16.5 Å². The van der Waals surface area contributed by atoms with Crippen LogP contribution in [0, 0.1) is 0 Å². The number of rotatable bonds is 3. The standard InChI is InChI=1S/C14H17Cl2N5OS/c1-19-5-7-20(8-6-19)13-12(21(17)14(22)23-13)18-11-9(15)3-2-4-10(11)16/h2-4,18H,5-8,17H2,1H3. The van der Waals surface area contributed by atoms with Gasteiger partial charge < -0.3 is 21.0 Å². The maximum atomic E-state index is 12.0. The Hall–Kier alpha value is -1.41. The molecule has 124 valence electrons. The molecule has 1 aliphatic rings. The van der Waals surface area contributed by atoms with Crippen molar-refractivity contribution in [1.29, 1.82) is 0 Å². The van der Waals surface area contributed by atoms with E-state index in [1.54, 1.807) is 18.2 Å². The summed E-state index contributed by atoms with van der Waals surface area (Å²) in [4.78, 5) is 16.2. The first-order valence-electron chi connectivity index (χ1n) is 7.13. The molecule has 1 fully saturated rings. The second-order valence-corrected chi connectivity index (χ2v) is 7.16. The molecule has 9 heteroatoms. The van der Waals surface area contributed by atoms with Gasteiger partial charge in [-0.3, -0.25) is 4.79 Å². The van der Waals surface area contributed by atoms with E-state index in [0.29, 0.717) is 21.6 Å². The zero-order valence-corrected chi connectivity index (χ0v) is 14.9. The number of aromatic nitrogens is 1. The van der Waals surface area contributed by atoms with E-state index in [2.05, 4.69) is 22.2 Å². The lowest BCUT2D eigenvalue weighted by molar-refractivity contribution is 0.313. The summed E-state index contributed by atoms with van der Waals surface area (Å²) in [6.07, 6.45) is 0. The molecular weight excluding hydrogens is 357 g/mol. The van der Waals surface area contributed by atoms with Gasteiger partial charge in [0.2, 0.25) is 0 Å². The molecule has 2 aromatic rings. The summed E-state index contributed by atoms with van der Waals surface area (Å²) >= 11 is 13.5. The van der Waals surface area contributed by atoms with E-state index in [0.717, 1.165) is 47.2 Å². The molecule has 23 heavy (non-hydrogen) atoms. The highest BCUT2D eigenvalue weighted by molar-refractivity contribution is 7.14. The molecule has 3 rings (SSSR count). The number of anilines is 3. The van der Waals surface area contributed by atoms with Crippen molar-refractivity contribution in [2.45, 2.75) is 0 Å². The van der Waals surface area contributed by atoms with Crippen molar-refractivity contribution in [2.24, 2.45) is 0 Å². The lowest BCUT2D eigenvalue weighted by Crippen LogP contribution is -2.44. The molecule has 0 radical (unpaired) electrons. The summed E-state index contributed by atoms with van der Waals surface area (Å²) < 4.78 is 1.11. The third kappa shape index (κ3) is 3.28. The van der Waals surface area contributed by atoms with Crippen LogP contribution in [-0.2, 0) is 0 Å². The predicted octanol–water partition coefficient (Wildman–Crippen LogP) is 2.43. The molecule has 0 spiro atoms. The van der Waals surface area contributed by atoms with Crippen LogP contribution in [-0.4, -0.2) is 42.8 Å². The van der Waals surface area contributed by atoms with Gasteiger partial charge in [-0.2, -0.15) is 4.68 Å². The zero-order valence-electron chi connectivity index (χ0n) is 12.6. The Morgan fingerprint density at radius 2 is 1.78 bits per heavy atom. The van der Waals surface area contributed by atoms with E-state index in [-0.39, 0.29) is 4.87 Å². The Morgan fingerprint density at radius 1 is 1.17 bits per heavy atom. The Morgan fingerprint density at radius 3 is 2.39 bits per heavy atom. The monoisotopic (exact) mass is 373 g/mol. The highest BCUT2D eigenvalue weighted by Crippen LogP contribution is 2.37. The number of halogens is 2. The number of piperazine rings is 1. The number of nitrogen functional groups attached to an aromatic ring is 1. The summed E-state index contributed by atoms with van der Waals surface area (Å²) in [7, 11) is 2.08. The maximum Gasteiger partial charge on any atom is 0.329 e. The summed E-state index contributed by atoms with van der Waals surface area (Å²) in [5.41, 5.74) is 0.545. The highest BCUT2D eigenvalue weighted by atomic mass is 35.5. The number of hydrogen-bond donors (Lipinski definition) is 2. The summed E-state index contributed by atoms with van der Waals surface area (Å²) in [6, 6.07) is 5.23. The first-order valence-corrected chi connectivity index (χ1v) is 8.70. The Labute approximate surface area is 148 Å². The van der Waals surface area contributed by atoms with Crippen LogP contribution < -0.4 is 20.9 Å². The van der Waals surface area contributed by atoms with E-state index in [1.165, 1.54) is 0 Å². The number of thiazole rings is 1. The normalized spacial score (nSPS) is 15.9. The average molecular weight is 374 g/mol. The molecule has 0 amide bonds. The first kappa shape index (κ1) is 16.4. The average Bonchev–Trinajstić information content (AvgIpc) is 2.80. The third-order valence-corrected chi connectivity index (χ3v) is 5.47. The molecule has 1 aliphatic heterocycles. The minimum absolute atomic E-state index is 0.232. The highest BCUT2D eigenvalue weighted by Gasteiger charge is 2.23. The van der Waals surface area contributed by atoms with Gasteiger partial charge in [-0.05, 0) is 19.2 Å². The first-order chi connectivity index (χ1) is 11.0. The van der Waals surface area contributed by atoms with Crippen LogP contribution in [0.1, 0.15) is 0 Å².